The Balaban J connectivity index is 1.16. The van der Waals surface area contributed by atoms with Gasteiger partial charge in [-0.15, -0.1) is 0 Å². The molecule has 0 unspecified atom stereocenters. The molecule has 0 N–H and O–H groups in total. The summed E-state index contributed by atoms with van der Waals surface area (Å²) in [7, 11) is 0. The van der Waals surface area contributed by atoms with E-state index in [-0.39, 0.29) is 12.3 Å². The molecule has 322 valence electrons. The molecule has 0 aromatic heterocycles. The Morgan fingerprint density at radius 2 is 0.985 bits per heavy atom. The van der Waals surface area contributed by atoms with Crippen LogP contribution in [0.15, 0.2) is 237 Å². The van der Waals surface area contributed by atoms with Gasteiger partial charge >= 0.3 is 6.85 Å². The molecule has 0 radical (unpaired) electrons. The maximum absolute atomic E-state index is 2.65. The van der Waals surface area contributed by atoms with Crippen molar-refractivity contribution >= 4 is 63.3 Å². The Labute approximate surface area is 400 Å². The minimum atomic E-state index is -0.281. The molecule has 68 heavy (non-hydrogen) atoms. The maximum Gasteiger partial charge on any atom is 0.333 e. The summed E-state index contributed by atoms with van der Waals surface area (Å²) in [6.07, 6.45) is 0. The Kier molecular flexibility index (Phi) is 9.20. The van der Waals surface area contributed by atoms with Crippen LogP contribution >= 0.6 is 0 Å². The minimum absolute atomic E-state index is 0.148. The molecule has 0 saturated carbocycles. The lowest BCUT2D eigenvalue weighted by Gasteiger charge is -2.47. The highest BCUT2D eigenvalue weighted by Gasteiger charge is 2.50. The highest BCUT2D eigenvalue weighted by molar-refractivity contribution is 6.93. The Morgan fingerprint density at radius 1 is 0.412 bits per heavy atom. The second-order valence-corrected chi connectivity index (χ2v) is 18.9. The van der Waals surface area contributed by atoms with Crippen molar-refractivity contribution in [1.82, 2.24) is 0 Å². The lowest BCUT2D eigenvalue weighted by atomic mass is 9.42. The predicted octanol–water partition coefficient (Wildman–Crippen LogP) is 15.8. The molecule has 13 rings (SSSR count). The fourth-order valence-corrected chi connectivity index (χ4v) is 11.6. The van der Waals surface area contributed by atoms with Crippen molar-refractivity contribution in [1.29, 1.82) is 0 Å². The smallest absolute Gasteiger partial charge is 0.333 e. The lowest BCUT2D eigenvalue weighted by Crippen LogP contribution is -2.62. The molecule has 0 atom stereocenters. The first-order chi connectivity index (χ1) is 33.4. The first kappa shape index (κ1) is 40.0. The molecular formula is C64H48BN3. The zero-order chi connectivity index (χ0) is 45.5. The highest BCUT2D eigenvalue weighted by Crippen LogP contribution is 2.58. The van der Waals surface area contributed by atoms with Gasteiger partial charge in [-0.25, -0.2) is 0 Å². The van der Waals surface area contributed by atoms with Crippen LogP contribution in [0.3, 0.4) is 0 Å². The van der Waals surface area contributed by atoms with Gasteiger partial charge in [0.15, 0.2) is 0 Å². The summed E-state index contributed by atoms with van der Waals surface area (Å²) in [6.45, 7) is 6.99. The van der Waals surface area contributed by atoms with Gasteiger partial charge in [-0.3, -0.25) is 0 Å². The van der Waals surface area contributed by atoms with Gasteiger partial charge in [0.25, 0.3) is 0 Å². The van der Waals surface area contributed by atoms with E-state index in [1.165, 1.54) is 94.9 Å². The van der Waals surface area contributed by atoms with E-state index in [0.29, 0.717) is 0 Å². The van der Waals surface area contributed by atoms with Gasteiger partial charge in [-0.2, -0.15) is 0 Å². The third-order valence-corrected chi connectivity index (χ3v) is 14.7. The summed E-state index contributed by atoms with van der Waals surface area (Å²) in [4.78, 5) is 7.64. The van der Waals surface area contributed by atoms with Crippen molar-refractivity contribution in [3.8, 4) is 44.5 Å². The molecule has 1 aliphatic carbocycles. The van der Waals surface area contributed by atoms with Crippen molar-refractivity contribution in [2.75, 3.05) is 14.6 Å². The molecular weight excluding hydrogens is 822 g/mol. The van der Waals surface area contributed by atoms with Gasteiger partial charge in [0.2, 0.25) is 0 Å². The second kappa shape index (κ2) is 15.6. The number of anilines is 8. The zero-order valence-corrected chi connectivity index (χ0v) is 38.4. The Hall–Kier alpha value is -8.34. The number of rotatable bonds is 7. The fourth-order valence-electron chi connectivity index (χ4n) is 11.6. The highest BCUT2D eigenvalue weighted by atomic mass is 15.2. The predicted molar refractivity (Wildman–Crippen MR) is 288 cm³/mol. The van der Waals surface area contributed by atoms with Crippen molar-refractivity contribution < 1.29 is 0 Å². The van der Waals surface area contributed by atoms with Crippen molar-refractivity contribution in [2.24, 2.45) is 0 Å². The number of hydrogen-bond acceptors (Lipinski definition) is 3. The topological polar surface area (TPSA) is 9.72 Å². The normalized spacial score (nSPS) is 13.5. The summed E-state index contributed by atoms with van der Waals surface area (Å²) in [5.41, 5.74) is 25.5. The van der Waals surface area contributed by atoms with E-state index < -0.39 is 0 Å². The molecule has 0 fully saturated rings. The number of benzene rings is 10. The molecule has 0 amide bonds. The maximum atomic E-state index is 2.65. The van der Waals surface area contributed by atoms with Crippen LogP contribution < -0.4 is 25.5 Å². The van der Waals surface area contributed by atoms with Crippen LogP contribution in [0.4, 0.5) is 45.5 Å². The van der Waals surface area contributed by atoms with E-state index in [1.807, 2.05) is 0 Å². The van der Waals surface area contributed by atoms with E-state index in [0.717, 1.165) is 22.7 Å². The van der Waals surface area contributed by atoms with E-state index in [9.17, 15) is 0 Å². The van der Waals surface area contributed by atoms with E-state index in [1.54, 1.807) is 0 Å². The van der Waals surface area contributed by atoms with Crippen LogP contribution in [-0.2, 0) is 5.41 Å². The average Bonchev–Trinajstić information content (AvgIpc) is 3.63. The van der Waals surface area contributed by atoms with Crippen LogP contribution in [0, 0.1) is 6.92 Å². The summed E-state index contributed by atoms with van der Waals surface area (Å²) >= 11 is 0. The molecule has 0 bridgehead atoms. The Morgan fingerprint density at radius 3 is 1.66 bits per heavy atom. The quantitative estimate of drug-likeness (QED) is 0.148. The van der Waals surface area contributed by atoms with Crippen molar-refractivity contribution in [2.45, 2.75) is 26.2 Å². The Bertz CT molecular complexity index is 3510. The molecule has 0 spiro atoms. The number of aryl methyl sites for hydroxylation is 1. The van der Waals surface area contributed by atoms with Crippen LogP contribution in [0.5, 0.6) is 0 Å². The fraction of sp³-hybridized carbons (Fsp3) is 0.0625. The molecule has 10 aromatic rings. The van der Waals surface area contributed by atoms with Crippen LogP contribution in [-0.4, -0.2) is 6.85 Å². The van der Waals surface area contributed by atoms with Crippen LogP contribution in [0.2, 0.25) is 0 Å². The van der Waals surface area contributed by atoms with Crippen molar-refractivity contribution in [3.63, 3.8) is 0 Å². The standard InChI is InChI=1S/C64H48BN3/c1-43-20-16-19-31-57(43)67-59-40-47(45-23-10-5-11-24-45)34-38-56(59)65-63-60(67)42-53-52-29-17-18-30-55(52)64(2,3)62(53)61(63)54-41-51(66(48-25-12-6-13-26-48)49-27-14-7-15-28-49)37-39-58(54)68(65)50-35-32-46(33-36-50)44-21-8-4-9-22-44/h4-42H,1-3H3. The summed E-state index contributed by atoms with van der Waals surface area (Å²) in [6, 6.07) is 87.4. The number of fused-ring (bicyclic) bond motifs is 8. The van der Waals surface area contributed by atoms with Gasteiger partial charge in [-0.05, 0) is 146 Å². The largest absolute Gasteiger partial charge is 0.376 e. The third kappa shape index (κ3) is 6.14. The van der Waals surface area contributed by atoms with Gasteiger partial charge in [0.1, 0.15) is 0 Å². The number of hydrogen-bond donors (Lipinski definition) is 0. The van der Waals surface area contributed by atoms with Crippen molar-refractivity contribution in [3.05, 3.63) is 253 Å². The summed E-state index contributed by atoms with van der Waals surface area (Å²) < 4.78 is 0. The molecule has 10 aromatic carbocycles. The molecule has 2 heterocycles. The SMILES string of the molecule is Cc1ccccc1N1c2cc(-c3ccccc3)ccc2B2c3c1cc1c(c3-c3cc(N(c4ccccc4)c4ccccc4)ccc3N2c2ccc(-c3ccccc3)cc2)C(C)(C)c2ccccc2-1. The molecule has 4 heteroatoms. The van der Waals surface area contributed by atoms with E-state index in [4.69, 9.17) is 0 Å². The first-order valence-electron chi connectivity index (χ1n) is 23.8. The van der Waals surface area contributed by atoms with E-state index in [2.05, 4.69) is 272 Å². The van der Waals surface area contributed by atoms with Gasteiger partial charge in [0.05, 0.1) is 0 Å². The average molecular weight is 870 g/mol. The summed E-state index contributed by atoms with van der Waals surface area (Å²) in [5, 5.41) is 0. The molecule has 0 saturated heterocycles. The van der Waals surface area contributed by atoms with Crippen LogP contribution in [0.1, 0.15) is 30.5 Å². The summed E-state index contributed by atoms with van der Waals surface area (Å²) in [5.74, 6) is 0. The van der Waals surface area contributed by atoms with Gasteiger partial charge in [-0.1, -0.05) is 178 Å². The zero-order valence-electron chi connectivity index (χ0n) is 38.4. The second-order valence-electron chi connectivity index (χ2n) is 18.9. The first-order valence-corrected chi connectivity index (χ1v) is 23.8. The molecule has 3 aliphatic rings. The monoisotopic (exact) mass is 869 g/mol. The molecule has 2 aliphatic heterocycles. The third-order valence-electron chi connectivity index (χ3n) is 14.7. The van der Waals surface area contributed by atoms with E-state index >= 15 is 0 Å². The van der Waals surface area contributed by atoms with Gasteiger partial charge < -0.3 is 14.6 Å². The lowest BCUT2D eigenvalue weighted by molar-refractivity contribution is 0.662. The number of para-hydroxylation sites is 3. The van der Waals surface area contributed by atoms with Gasteiger partial charge in [0, 0.05) is 56.5 Å². The van der Waals surface area contributed by atoms with Crippen LogP contribution in [0.25, 0.3) is 44.5 Å². The molecule has 3 nitrogen and oxygen atoms in total. The minimum Gasteiger partial charge on any atom is -0.376 e. The number of nitrogens with zero attached hydrogens (tertiary/aromatic N) is 3.